The number of hydrogen-bond donors (Lipinski definition) is 1. The van der Waals surface area contributed by atoms with E-state index in [-0.39, 0.29) is 24.1 Å². The Kier molecular flexibility index (Phi) is 6.85. The molecule has 0 radical (unpaired) electrons. The van der Waals surface area contributed by atoms with Crippen LogP contribution in [-0.2, 0) is 20.6 Å². The fourth-order valence-electron chi connectivity index (χ4n) is 2.84. The molecule has 1 amide bonds. The maximum atomic E-state index is 12.5. The summed E-state index contributed by atoms with van der Waals surface area (Å²) >= 11 is 2.90. The molecule has 0 bridgehead atoms. The molecule has 0 unspecified atom stereocenters. The molecule has 1 aliphatic heterocycles. The van der Waals surface area contributed by atoms with Crippen LogP contribution in [0, 0.1) is 5.92 Å². The van der Waals surface area contributed by atoms with Crippen LogP contribution in [-0.4, -0.2) is 47.7 Å². The van der Waals surface area contributed by atoms with Crippen LogP contribution in [0.25, 0.3) is 0 Å². The minimum atomic E-state index is -3.27. The fourth-order valence-corrected chi connectivity index (χ4v) is 5.73. The van der Waals surface area contributed by atoms with Crippen molar-refractivity contribution in [2.75, 3.05) is 24.2 Å². The zero-order valence-electron chi connectivity index (χ0n) is 15.0. The minimum Gasteiger partial charge on any atom is -0.300 e. The van der Waals surface area contributed by atoms with Crippen molar-refractivity contribution < 1.29 is 13.2 Å². The lowest BCUT2D eigenvalue weighted by molar-refractivity contribution is -0.120. The van der Waals surface area contributed by atoms with Gasteiger partial charge in [0.05, 0.1) is 11.7 Å². The van der Waals surface area contributed by atoms with Gasteiger partial charge in [-0.2, -0.15) is 0 Å². The highest BCUT2D eigenvalue weighted by atomic mass is 32.2. The molecule has 1 saturated heterocycles. The van der Waals surface area contributed by atoms with Gasteiger partial charge in [-0.15, -0.1) is 10.2 Å². The highest BCUT2D eigenvalue weighted by Crippen LogP contribution is 2.29. The molecule has 0 saturated carbocycles. The van der Waals surface area contributed by atoms with Crippen molar-refractivity contribution in [2.24, 2.45) is 5.92 Å². The molecular formula is C17H22N4O3S3. The summed E-state index contributed by atoms with van der Waals surface area (Å²) < 4.78 is 26.3. The number of sulfonamides is 1. The maximum Gasteiger partial charge on any atom is 0.230 e. The van der Waals surface area contributed by atoms with Gasteiger partial charge >= 0.3 is 0 Å². The molecule has 1 aliphatic rings. The van der Waals surface area contributed by atoms with E-state index in [1.807, 2.05) is 18.2 Å². The average Bonchev–Trinajstić information content (AvgIpc) is 3.14. The van der Waals surface area contributed by atoms with Crippen molar-refractivity contribution in [3.05, 3.63) is 35.9 Å². The van der Waals surface area contributed by atoms with Crippen LogP contribution in [0.5, 0.6) is 0 Å². The first-order chi connectivity index (χ1) is 13.0. The standard InChI is InChI=1S/C17H22N4O3S3/c1-2-27(23,24)21-10-6-9-14(11-21)15(22)18-16-19-20-17(26-16)25-12-13-7-4-3-5-8-13/h3-5,7-8,14H,2,6,9-12H2,1H3,(H,18,19,22)/t14-/m0/s1. The highest BCUT2D eigenvalue weighted by molar-refractivity contribution is 8.00. The van der Waals surface area contributed by atoms with Crippen LogP contribution >= 0.6 is 23.1 Å². The van der Waals surface area contributed by atoms with Crippen LogP contribution in [0.15, 0.2) is 34.7 Å². The molecular weight excluding hydrogens is 404 g/mol. The van der Waals surface area contributed by atoms with Gasteiger partial charge in [0.15, 0.2) is 4.34 Å². The number of rotatable bonds is 7. The van der Waals surface area contributed by atoms with Gasteiger partial charge in [0, 0.05) is 18.8 Å². The first-order valence-electron chi connectivity index (χ1n) is 8.77. The number of nitrogens with one attached hydrogen (secondary N) is 1. The smallest absolute Gasteiger partial charge is 0.230 e. The van der Waals surface area contributed by atoms with E-state index in [1.165, 1.54) is 21.2 Å². The second-order valence-electron chi connectivity index (χ2n) is 6.23. The van der Waals surface area contributed by atoms with Gasteiger partial charge in [-0.25, -0.2) is 12.7 Å². The lowest BCUT2D eigenvalue weighted by Gasteiger charge is -2.30. The van der Waals surface area contributed by atoms with Gasteiger partial charge in [-0.1, -0.05) is 53.4 Å². The molecule has 1 atom stereocenters. The Morgan fingerprint density at radius 2 is 2.11 bits per heavy atom. The molecule has 7 nitrogen and oxygen atoms in total. The molecule has 0 aliphatic carbocycles. The van der Waals surface area contributed by atoms with E-state index in [2.05, 4.69) is 27.6 Å². The van der Waals surface area contributed by atoms with Gasteiger partial charge in [0.1, 0.15) is 0 Å². The monoisotopic (exact) mass is 426 g/mol. The third kappa shape index (κ3) is 5.50. The van der Waals surface area contributed by atoms with E-state index < -0.39 is 10.0 Å². The zero-order chi connectivity index (χ0) is 19.3. The van der Waals surface area contributed by atoms with Crippen molar-refractivity contribution in [1.82, 2.24) is 14.5 Å². The van der Waals surface area contributed by atoms with Crippen LogP contribution in [0.2, 0.25) is 0 Å². The summed E-state index contributed by atoms with van der Waals surface area (Å²) in [7, 11) is -3.27. The molecule has 3 rings (SSSR count). The number of benzene rings is 1. The van der Waals surface area contributed by atoms with Gasteiger partial charge in [0.25, 0.3) is 0 Å². The van der Waals surface area contributed by atoms with Gasteiger partial charge < -0.3 is 5.32 Å². The largest absolute Gasteiger partial charge is 0.300 e. The summed E-state index contributed by atoms with van der Waals surface area (Å²) in [5.41, 5.74) is 1.20. The van der Waals surface area contributed by atoms with Crippen LogP contribution < -0.4 is 5.32 Å². The SMILES string of the molecule is CCS(=O)(=O)N1CCC[C@H](C(=O)Nc2nnc(SCc3ccccc3)s2)C1. The molecule has 2 aromatic rings. The molecule has 1 aromatic carbocycles. The number of anilines is 1. The molecule has 2 heterocycles. The van der Waals surface area contributed by atoms with E-state index in [9.17, 15) is 13.2 Å². The zero-order valence-corrected chi connectivity index (χ0v) is 17.4. The van der Waals surface area contributed by atoms with Crippen LogP contribution in [0.1, 0.15) is 25.3 Å². The molecule has 0 spiro atoms. The third-order valence-electron chi connectivity index (χ3n) is 4.35. The number of amides is 1. The lowest BCUT2D eigenvalue weighted by atomic mass is 9.99. The van der Waals surface area contributed by atoms with E-state index in [4.69, 9.17) is 0 Å². The van der Waals surface area contributed by atoms with E-state index in [0.29, 0.717) is 24.5 Å². The molecule has 27 heavy (non-hydrogen) atoms. The first-order valence-corrected chi connectivity index (χ1v) is 12.2. The number of thioether (sulfide) groups is 1. The topological polar surface area (TPSA) is 92.3 Å². The van der Waals surface area contributed by atoms with Gasteiger partial charge in [0.2, 0.25) is 21.1 Å². The van der Waals surface area contributed by atoms with Gasteiger partial charge in [-0.3, -0.25) is 4.79 Å². The molecule has 1 fully saturated rings. The van der Waals surface area contributed by atoms with Crippen LogP contribution in [0.3, 0.4) is 0 Å². The number of carbonyl (C=O) groups excluding carboxylic acids is 1. The number of piperidine rings is 1. The Balaban J connectivity index is 1.54. The van der Waals surface area contributed by atoms with Crippen molar-refractivity contribution >= 4 is 44.2 Å². The molecule has 10 heteroatoms. The Bertz CT molecular complexity index is 871. The van der Waals surface area contributed by atoms with E-state index >= 15 is 0 Å². The summed E-state index contributed by atoms with van der Waals surface area (Å²) in [4.78, 5) is 12.5. The van der Waals surface area contributed by atoms with E-state index in [0.717, 1.165) is 10.1 Å². The second kappa shape index (κ2) is 9.13. The quantitative estimate of drug-likeness (QED) is 0.541. The van der Waals surface area contributed by atoms with Crippen molar-refractivity contribution in [3.8, 4) is 0 Å². The second-order valence-corrected chi connectivity index (χ2v) is 10.7. The molecule has 146 valence electrons. The molecule has 1 aromatic heterocycles. The lowest BCUT2D eigenvalue weighted by Crippen LogP contribution is -2.44. The summed E-state index contributed by atoms with van der Waals surface area (Å²) in [6.45, 7) is 2.34. The number of nitrogens with zero attached hydrogens (tertiary/aromatic N) is 3. The summed E-state index contributed by atoms with van der Waals surface area (Å²) in [5.74, 6) is 0.293. The summed E-state index contributed by atoms with van der Waals surface area (Å²) in [6, 6.07) is 10.1. The van der Waals surface area contributed by atoms with Crippen molar-refractivity contribution in [1.29, 1.82) is 0 Å². The predicted octanol–water partition coefficient (Wildman–Crippen LogP) is 2.83. The van der Waals surface area contributed by atoms with Crippen LogP contribution in [0.4, 0.5) is 5.13 Å². The average molecular weight is 427 g/mol. The van der Waals surface area contributed by atoms with Gasteiger partial charge in [-0.05, 0) is 25.3 Å². The summed E-state index contributed by atoms with van der Waals surface area (Å²) in [6.07, 6.45) is 1.36. The predicted molar refractivity (Wildman–Crippen MR) is 108 cm³/mol. The Morgan fingerprint density at radius 1 is 1.33 bits per heavy atom. The molecule has 1 N–H and O–H groups in total. The van der Waals surface area contributed by atoms with Crippen molar-refractivity contribution in [3.63, 3.8) is 0 Å². The maximum absolute atomic E-state index is 12.5. The Morgan fingerprint density at radius 3 is 2.85 bits per heavy atom. The van der Waals surface area contributed by atoms with E-state index in [1.54, 1.807) is 18.7 Å². The Hall–Kier alpha value is -1.49. The normalized spacial score (nSPS) is 18.3. The summed E-state index contributed by atoms with van der Waals surface area (Å²) in [5, 5.41) is 11.4. The first kappa shape index (κ1) is 20.2. The number of aromatic nitrogens is 2. The minimum absolute atomic E-state index is 0.0553. The third-order valence-corrected chi connectivity index (χ3v) is 8.25. The Labute approximate surface area is 167 Å². The number of hydrogen-bond acceptors (Lipinski definition) is 7. The number of carbonyl (C=O) groups is 1. The fraction of sp³-hybridized carbons (Fsp3) is 0.471. The highest BCUT2D eigenvalue weighted by Gasteiger charge is 2.31. The van der Waals surface area contributed by atoms with Crippen molar-refractivity contribution in [2.45, 2.75) is 29.9 Å².